The molecule has 4 nitrogen and oxygen atoms in total. The van der Waals surface area contributed by atoms with Crippen LogP contribution < -0.4 is 10.6 Å². The van der Waals surface area contributed by atoms with E-state index in [2.05, 4.69) is 15.6 Å². The van der Waals surface area contributed by atoms with Gasteiger partial charge in [-0.1, -0.05) is 30.3 Å². The van der Waals surface area contributed by atoms with Gasteiger partial charge in [0, 0.05) is 13.6 Å². The Morgan fingerprint density at radius 3 is 2.74 bits per heavy atom. The normalized spacial score (nSPS) is 10.0. The average molecular weight is 259 g/mol. The van der Waals surface area contributed by atoms with Crippen molar-refractivity contribution in [3.63, 3.8) is 0 Å². The van der Waals surface area contributed by atoms with E-state index in [4.69, 9.17) is 0 Å². The molecule has 0 radical (unpaired) electrons. The van der Waals surface area contributed by atoms with Crippen molar-refractivity contribution in [1.82, 2.24) is 10.3 Å². The zero-order valence-electron chi connectivity index (χ0n) is 10.5. The number of carbonyl (C=O) groups is 1. The maximum Gasteiger partial charge on any atom is 0.255 e. The molecule has 5 heteroatoms. The first-order valence-electron chi connectivity index (χ1n) is 5.86. The van der Waals surface area contributed by atoms with Crippen LogP contribution in [0, 0.1) is 5.82 Å². The lowest BCUT2D eigenvalue weighted by Gasteiger charge is -2.09. The van der Waals surface area contributed by atoms with Crippen LogP contribution in [-0.2, 0) is 6.54 Å². The molecule has 0 saturated heterocycles. The highest BCUT2D eigenvalue weighted by Gasteiger charge is 2.12. The monoisotopic (exact) mass is 259 g/mol. The summed E-state index contributed by atoms with van der Waals surface area (Å²) in [5.41, 5.74) is 1.17. The lowest BCUT2D eigenvalue weighted by atomic mass is 10.2. The van der Waals surface area contributed by atoms with Crippen molar-refractivity contribution in [2.24, 2.45) is 0 Å². The Kier molecular flexibility index (Phi) is 4.07. The molecule has 1 aromatic heterocycles. The lowest BCUT2D eigenvalue weighted by molar-refractivity contribution is 0.0951. The third-order valence-corrected chi connectivity index (χ3v) is 2.63. The summed E-state index contributed by atoms with van der Waals surface area (Å²) in [5, 5.41) is 5.49. The Morgan fingerprint density at radius 2 is 2.05 bits per heavy atom. The van der Waals surface area contributed by atoms with E-state index in [-0.39, 0.29) is 11.5 Å². The summed E-state index contributed by atoms with van der Waals surface area (Å²) < 4.78 is 13.1. The van der Waals surface area contributed by atoms with Gasteiger partial charge in [0.2, 0.25) is 0 Å². The van der Waals surface area contributed by atoms with Gasteiger partial charge in [-0.25, -0.2) is 9.37 Å². The van der Waals surface area contributed by atoms with Crippen molar-refractivity contribution in [3.8, 4) is 0 Å². The van der Waals surface area contributed by atoms with E-state index in [1.54, 1.807) is 7.05 Å². The summed E-state index contributed by atoms with van der Waals surface area (Å²) in [7, 11) is 1.63. The summed E-state index contributed by atoms with van der Waals surface area (Å²) in [6.07, 6.45) is 1.07. The molecule has 0 atom stereocenters. The number of benzene rings is 1. The van der Waals surface area contributed by atoms with Gasteiger partial charge in [-0.05, 0) is 11.6 Å². The van der Waals surface area contributed by atoms with E-state index in [0.717, 1.165) is 11.8 Å². The molecule has 1 amide bonds. The van der Waals surface area contributed by atoms with Crippen LogP contribution >= 0.6 is 0 Å². The molecule has 0 fully saturated rings. The van der Waals surface area contributed by atoms with Crippen molar-refractivity contribution >= 4 is 11.7 Å². The van der Waals surface area contributed by atoms with Gasteiger partial charge in [-0.3, -0.25) is 4.79 Å². The van der Waals surface area contributed by atoms with Gasteiger partial charge in [0.1, 0.15) is 11.6 Å². The van der Waals surface area contributed by atoms with Gasteiger partial charge in [-0.2, -0.15) is 0 Å². The van der Waals surface area contributed by atoms with E-state index >= 15 is 0 Å². The Labute approximate surface area is 110 Å². The molecular formula is C14H14FN3O. The highest BCUT2D eigenvalue weighted by atomic mass is 19.1. The van der Waals surface area contributed by atoms with E-state index in [0.29, 0.717) is 12.4 Å². The molecule has 0 aliphatic heterocycles. The molecule has 1 aromatic carbocycles. The summed E-state index contributed by atoms with van der Waals surface area (Å²) >= 11 is 0. The van der Waals surface area contributed by atoms with Crippen LogP contribution in [0.5, 0.6) is 0 Å². The second-order valence-electron chi connectivity index (χ2n) is 3.97. The summed E-state index contributed by atoms with van der Waals surface area (Å²) in [4.78, 5) is 15.8. The van der Waals surface area contributed by atoms with Crippen LogP contribution in [0.4, 0.5) is 10.2 Å². The molecule has 19 heavy (non-hydrogen) atoms. The minimum Gasteiger partial charge on any atom is -0.372 e. The fourth-order valence-electron chi connectivity index (χ4n) is 1.69. The summed E-state index contributed by atoms with van der Waals surface area (Å²) in [6.45, 7) is 0.388. The summed E-state index contributed by atoms with van der Waals surface area (Å²) in [5.74, 6) is -0.545. The molecule has 0 spiro atoms. The first-order valence-corrected chi connectivity index (χ1v) is 5.86. The standard InChI is InChI=1S/C14H14FN3O/c1-16-13-12(7-11(15)9-17-13)14(19)18-8-10-5-3-2-4-6-10/h2-7,9H,8H2,1H3,(H,16,17)(H,18,19). The van der Waals surface area contributed by atoms with Crippen LogP contribution in [0.2, 0.25) is 0 Å². The molecule has 2 aromatic rings. The smallest absolute Gasteiger partial charge is 0.255 e. The molecule has 2 N–H and O–H groups in total. The number of nitrogens with zero attached hydrogens (tertiary/aromatic N) is 1. The maximum absolute atomic E-state index is 13.1. The number of rotatable bonds is 4. The number of nitrogens with one attached hydrogen (secondary N) is 2. The quantitative estimate of drug-likeness (QED) is 0.885. The molecule has 1 heterocycles. The molecule has 2 rings (SSSR count). The van der Waals surface area contributed by atoms with E-state index in [1.807, 2.05) is 30.3 Å². The molecule has 0 bridgehead atoms. The zero-order chi connectivity index (χ0) is 13.7. The Hall–Kier alpha value is -2.43. The Balaban J connectivity index is 2.10. The van der Waals surface area contributed by atoms with Gasteiger partial charge in [0.05, 0.1) is 11.8 Å². The highest BCUT2D eigenvalue weighted by Crippen LogP contribution is 2.13. The molecule has 0 aliphatic rings. The van der Waals surface area contributed by atoms with Crippen LogP contribution in [0.15, 0.2) is 42.6 Å². The molecule has 0 aliphatic carbocycles. The minimum absolute atomic E-state index is 0.193. The first kappa shape index (κ1) is 13.0. The van der Waals surface area contributed by atoms with Gasteiger partial charge >= 0.3 is 0 Å². The predicted octanol–water partition coefficient (Wildman–Crippen LogP) is 2.19. The zero-order valence-corrected chi connectivity index (χ0v) is 10.5. The number of hydrogen-bond acceptors (Lipinski definition) is 3. The van der Waals surface area contributed by atoms with Gasteiger partial charge in [-0.15, -0.1) is 0 Å². The number of pyridine rings is 1. The van der Waals surface area contributed by atoms with Gasteiger partial charge in [0.25, 0.3) is 5.91 Å². The Morgan fingerprint density at radius 1 is 1.32 bits per heavy atom. The highest BCUT2D eigenvalue weighted by molar-refractivity contribution is 5.98. The number of anilines is 1. The number of amides is 1. The number of hydrogen-bond donors (Lipinski definition) is 2. The maximum atomic E-state index is 13.1. The second kappa shape index (κ2) is 5.95. The fraction of sp³-hybridized carbons (Fsp3) is 0.143. The number of carbonyl (C=O) groups excluding carboxylic acids is 1. The SMILES string of the molecule is CNc1ncc(F)cc1C(=O)NCc1ccccc1. The van der Waals surface area contributed by atoms with Crippen molar-refractivity contribution in [3.05, 3.63) is 59.5 Å². The third-order valence-electron chi connectivity index (χ3n) is 2.63. The van der Waals surface area contributed by atoms with Crippen molar-refractivity contribution in [2.75, 3.05) is 12.4 Å². The molecule has 0 saturated carbocycles. The van der Waals surface area contributed by atoms with E-state index in [9.17, 15) is 9.18 Å². The summed E-state index contributed by atoms with van der Waals surface area (Å²) in [6, 6.07) is 10.7. The lowest BCUT2D eigenvalue weighted by Crippen LogP contribution is -2.24. The third kappa shape index (κ3) is 3.28. The minimum atomic E-state index is -0.538. The molecular weight excluding hydrogens is 245 g/mol. The second-order valence-corrected chi connectivity index (χ2v) is 3.97. The van der Waals surface area contributed by atoms with Crippen molar-refractivity contribution in [2.45, 2.75) is 6.54 Å². The van der Waals surface area contributed by atoms with Crippen molar-refractivity contribution in [1.29, 1.82) is 0 Å². The average Bonchev–Trinajstić information content (AvgIpc) is 2.46. The van der Waals surface area contributed by atoms with E-state index < -0.39 is 5.82 Å². The van der Waals surface area contributed by atoms with Gasteiger partial charge < -0.3 is 10.6 Å². The molecule has 98 valence electrons. The number of aromatic nitrogens is 1. The van der Waals surface area contributed by atoms with E-state index in [1.165, 1.54) is 6.07 Å². The van der Waals surface area contributed by atoms with Crippen LogP contribution in [0.25, 0.3) is 0 Å². The predicted molar refractivity (Wildman–Crippen MR) is 71.4 cm³/mol. The first-order chi connectivity index (χ1) is 9.20. The largest absolute Gasteiger partial charge is 0.372 e. The van der Waals surface area contributed by atoms with Crippen LogP contribution in [0.1, 0.15) is 15.9 Å². The fourth-order valence-corrected chi connectivity index (χ4v) is 1.69. The number of halogens is 1. The molecule has 0 unspecified atom stereocenters. The Bertz CT molecular complexity index is 572. The van der Waals surface area contributed by atoms with Crippen LogP contribution in [-0.4, -0.2) is 17.9 Å². The topological polar surface area (TPSA) is 54.0 Å². The van der Waals surface area contributed by atoms with Crippen molar-refractivity contribution < 1.29 is 9.18 Å². The van der Waals surface area contributed by atoms with Crippen LogP contribution in [0.3, 0.4) is 0 Å². The van der Waals surface area contributed by atoms with Gasteiger partial charge in [0.15, 0.2) is 0 Å².